The van der Waals surface area contributed by atoms with Crippen LogP contribution in [0.5, 0.6) is 0 Å². The van der Waals surface area contributed by atoms with Gasteiger partial charge < -0.3 is 8.83 Å². The Morgan fingerprint density at radius 3 is 1.82 bits per heavy atom. The topological polar surface area (TPSA) is 69.9 Å². The van der Waals surface area contributed by atoms with Gasteiger partial charge in [-0.05, 0) is 98.8 Å². The number of hydrogen-bond donors (Lipinski definition) is 0. The number of nitrogens with zero attached hydrogens (tertiary/aromatic N) is 4. The molecule has 0 saturated heterocycles. The zero-order valence-electron chi connectivity index (χ0n) is 32.4. The van der Waals surface area contributed by atoms with E-state index in [0.29, 0.717) is 17.6 Å². The van der Waals surface area contributed by atoms with E-state index in [-0.39, 0.29) is 0 Å². The van der Waals surface area contributed by atoms with Gasteiger partial charge in [-0.3, -0.25) is 4.57 Å². The number of hydrogen-bond acceptors (Lipinski definition) is 5. The Bertz CT molecular complexity index is 4010. The molecule has 0 radical (unpaired) electrons. The Balaban J connectivity index is 0.948. The summed E-state index contributed by atoms with van der Waals surface area (Å²) in [4.78, 5) is 15.4. The summed E-state index contributed by atoms with van der Waals surface area (Å²) >= 11 is 0. The number of rotatable bonds is 4. The monoisotopic (exact) mass is 778 g/mol. The smallest absolute Gasteiger partial charge is 0.238 e. The summed E-state index contributed by atoms with van der Waals surface area (Å²) in [5.74, 6) is 1.71. The molecule has 0 saturated carbocycles. The van der Waals surface area contributed by atoms with E-state index in [4.69, 9.17) is 23.8 Å². The minimum Gasteiger partial charge on any atom is -0.456 e. The van der Waals surface area contributed by atoms with Crippen LogP contribution in [0, 0.1) is 0 Å². The second kappa shape index (κ2) is 12.1. The zero-order valence-corrected chi connectivity index (χ0v) is 32.4. The molecule has 6 nitrogen and oxygen atoms in total. The van der Waals surface area contributed by atoms with Crippen molar-refractivity contribution < 1.29 is 8.83 Å². The van der Waals surface area contributed by atoms with Gasteiger partial charge in [0.2, 0.25) is 5.95 Å². The quantitative estimate of drug-likeness (QED) is 0.178. The van der Waals surface area contributed by atoms with Gasteiger partial charge in [0, 0.05) is 43.4 Å². The lowest BCUT2D eigenvalue weighted by atomic mass is 9.96. The minimum atomic E-state index is 0.545. The first-order chi connectivity index (χ1) is 30.2. The molecule has 282 valence electrons. The maximum absolute atomic E-state index is 6.60. The molecule has 9 aromatic carbocycles. The van der Waals surface area contributed by atoms with Crippen LogP contribution in [0.2, 0.25) is 0 Å². The van der Waals surface area contributed by atoms with E-state index in [1.54, 1.807) is 0 Å². The number of para-hydroxylation sites is 2. The summed E-state index contributed by atoms with van der Waals surface area (Å²) in [7, 11) is 0. The molecule has 1 aliphatic carbocycles. The van der Waals surface area contributed by atoms with E-state index in [2.05, 4.69) is 132 Å². The second-order valence-corrected chi connectivity index (χ2v) is 15.9. The van der Waals surface area contributed by atoms with Crippen molar-refractivity contribution in [3.8, 4) is 62.1 Å². The fourth-order valence-electron chi connectivity index (χ4n) is 9.86. The summed E-state index contributed by atoms with van der Waals surface area (Å²) in [5.41, 5.74) is 14.5. The highest BCUT2D eigenvalue weighted by Crippen LogP contribution is 2.51. The van der Waals surface area contributed by atoms with Gasteiger partial charge in [-0.1, -0.05) is 127 Å². The summed E-state index contributed by atoms with van der Waals surface area (Å²) in [6, 6.07) is 63.8. The highest BCUT2D eigenvalue weighted by Gasteiger charge is 2.25. The van der Waals surface area contributed by atoms with Crippen molar-refractivity contribution in [1.82, 2.24) is 19.5 Å². The summed E-state index contributed by atoms with van der Waals surface area (Å²) in [6.45, 7) is 0. The molecule has 0 unspecified atom stereocenters. The first-order valence-corrected chi connectivity index (χ1v) is 20.5. The van der Waals surface area contributed by atoms with E-state index >= 15 is 0 Å². The van der Waals surface area contributed by atoms with Crippen LogP contribution in [0.15, 0.2) is 191 Å². The maximum atomic E-state index is 6.60. The molecular formula is C55H30N4O2. The number of benzene rings is 9. The van der Waals surface area contributed by atoms with Crippen LogP contribution in [0.3, 0.4) is 0 Å². The molecule has 4 aromatic heterocycles. The van der Waals surface area contributed by atoms with E-state index in [1.165, 1.54) is 33.0 Å². The van der Waals surface area contributed by atoms with Crippen molar-refractivity contribution in [2.45, 2.75) is 0 Å². The minimum absolute atomic E-state index is 0.545. The van der Waals surface area contributed by atoms with Crippen LogP contribution < -0.4 is 0 Å². The average molecular weight is 779 g/mol. The van der Waals surface area contributed by atoms with Gasteiger partial charge >= 0.3 is 0 Å². The number of aromatic nitrogens is 4. The molecule has 6 heteroatoms. The van der Waals surface area contributed by atoms with Gasteiger partial charge in [0.1, 0.15) is 22.3 Å². The van der Waals surface area contributed by atoms with Crippen molar-refractivity contribution in [3.05, 3.63) is 182 Å². The van der Waals surface area contributed by atoms with Gasteiger partial charge in [0.05, 0.1) is 11.0 Å². The van der Waals surface area contributed by atoms with Crippen molar-refractivity contribution >= 4 is 76.5 Å². The van der Waals surface area contributed by atoms with Gasteiger partial charge in [-0.15, -0.1) is 0 Å². The third-order valence-electron chi connectivity index (χ3n) is 12.6. The normalized spacial score (nSPS) is 12.3. The van der Waals surface area contributed by atoms with Crippen LogP contribution >= 0.6 is 0 Å². The number of furan rings is 2. The Labute approximate surface area is 347 Å². The highest BCUT2D eigenvalue weighted by molar-refractivity contribution is 6.28. The molecular weight excluding hydrogens is 749 g/mol. The van der Waals surface area contributed by atoms with Crippen molar-refractivity contribution in [1.29, 1.82) is 0 Å². The molecule has 1 aliphatic rings. The molecule has 0 bridgehead atoms. The lowest BCUT2D eigenvalue weighted by Crippen LogP contribution is -2.06. The van der Waals surface area contributed by atoms with Crippen molar-refractivity contribution in [2.75, 3.05) is 0 Å². The third kappa shape index (κ3) is 4.64. The van der Waals surface area contributed by atoms with E-state index in [1.807, 2.05) is 54.6 Å². The first-order valence-electron chi connectivity index (χ1n) is 20.5. The summed E-state index contributed by atoms with van der Waals surface area (Å²) < 4.78 is 15.1. The van der Waals surface area contributed by atoms with Crippen LogP contribution in [0.25, 0.3) is 139 Å². The molecule has 13 aromatic rings. The highest BCUT2D eigenvalue weighted by atomic mass is 16.3. The molecule has 0 N–H and O–H groups in total. The van der Waals surface area contributed by atoms with Crippen molar-refractivity contribution in [3.63, 3.8) is 0 Å². The standard InChI is InChI=1S/C55H30N4O2/c1-2-11-31(12-3-1)53-56-54(34-21-24-39-38-16-7-9-20-47(38)60-49(39)29-34)58-55(57-53)59-45-19-8-6-15-37(45)42-27-32(22-25-46(42)59)33-23-26-48-44(28-33)52-41-18-10-17-40-35-13-4-5-14-36(35)43(51(40)41)30-50(52)61-48/h1-30H. The Morgan fingerprint density at radius 1 is 0.311 bits per heavy atom. The summed E-state index contributed by atoms with van der Waals surface area (Å²) in [5, 5.41) is 9.16. The molecule has 0 aliphatic heterocycles. The molecule has 0 fully saturated rings. The average Bonchev–Trinajstić information content (AvgIpc) is 4.07. The predicted octanol–water partition coefficient (Wildman–Crippen LogP) is 14.6. The lowest BCUT2D eigenvalue weighted by Gasteiger charge is -2.11. The van der Waals surface area contributed by atoms with Crippen LogP contribution in [-0.4, -0.2) is 19.5 Å². The van der Waals surface area contributed by atoms with Gasteiger partial charge in [0.15, 0.2) is 11.6 Å². The molecule has 4 heterocycles. The Morgan fingerprint density at radius 2 is 0.934 bits per heavy atom. The largest absolute Gasteiger partial charge is 0.456 e. The summed E-state index contributed by atoms with van der Waals surface area (Å²) in [6.07, 6.45) is 0. The van der Waals surface area contributed by atoms with E-state index < -0.39 is 0 Å². The van der Waals surface area contributed by atoms with Gasteiger partial charge in [0.25, 0.3) is 0 Å². The third-order valence-corrected chi connectivity index (χ3v) is 12.6. The fraction of sp³-hybridized carbons (Fsp3) is 0. The van der Waals surface area contributed by atoms with E-state index in [9.17, 15) is 0 Å². The molecule has 0 amide bonds. The van der Waals surface area contributed by atoms with Gasteiger partial charge in [-0.25, -0.2) is 4.98 Å². The van der Waals surface area contributed by atoms with Crippen LogP contribution in [0.4, 0.5) is 0 Å². The molecule has 0 atom stereocenters. The molecule has 0 spiro atoms. The molecule has 61 heavy (non-hydrogen) atoms. The SMILES string of the molecule is c1ccc(-c2nc(-c3ccc4c(c3)oc3ccccc34)nc(-n3c4ccccc4c4cc(-c5ccc6oc7cc8c9c(cccc9c7c6c5)-c5ccccc5-8)ccc43)n2)cc1. The molecule has 14 rings (SSSR count). The van der Waals surface area contributed by atoms with Crippen LogP contribution in [-0.2, 0) is 0 Å². The van der Waals surface area contributed by atoms with Crippen molar-refractivity contribution in [2.24, 2.45) is 0 Å². The zero-order chi connectivity index (χ0) is 39.8. The maximum Gasteiger partial charge on any atom is 0.238 e. The lowest BCUT2D eigenvalue weighted by molar-refractivity contribution is 0.669. The van der Waals surface area contributed by atoms with Crippen LogP contribution in [0.1, 0.15) is 0 Å². The number of fused-ring (bicyclic) bond motifs is 13. The van der Waals surface area contributed by atoms with E-state index in [0.717, 1.165) is 87.9 Å². The Kier molecular flexibility index (Phi) is 6.46. The van der Waals surface area contributed by atoms with Gasteiger partial charge in [-0.2, -0.15) is 9.97 Å². The fourth-order valence-corrected chi connectivity index (χ4v) is 9.86. The second-order valence-electron chi connectivity index (χ2n) is 15.9. The predicted molar refractivity (Wildman–Crippen MR) is 247 cm³/mol. The Hall–Kier alpha value is -8.35. The first kappa shape index (κ1) is 32.6.